The lowest BCUT2D eigenvalue weighted by Crippen LogP contribution is -2.53. The van der Waals surface area contributed by atoms with E-state index in [2.05, 4.69) is 10.0 Å². The Morgan fingerprint density at radius 3 is 2.67 bits per heavy atom. The topological polar surface area (TPSA) is 117 Å². The Morgan fingerprint density at radius 2 is 2.00 bits per heavy atom. The molecule has 2 aliphatic heterocycles. The number of aromatic hydroxyl groups is 1. The van der Waals surface area contributed by atoms with E-state index in [1.807, 2.05) is 0 Å². The van der Waals surface area contributed by atoms with E-state index in [1.165, 1.54) is 29.6 Å². The summed E-state index contributed by atoms with van der Waals surface area (Å²) in [5.74, 6) is -0.932. The summed E-state index contributed by atoms with van der Waals surface area (Å²) in [5.41, 5.74) is -0.0140. The van der Waals surface area contributed by atoms with Gasteiger partial charge in [0.25, 0.3) is 16.1 Å². The monoisotopic (exact) mass is 521 g/mol. The van der Waals surface area contributed by atoms with Crippen molar-refractivity contribution in [2.24, 2.45) is 0 Å². The van der Waals surface area contributed by atoms with E-state index in [0.29, 0.717) is 25.0 Å². The maximum absolute atomic E-state index is 14.2. The molecule has 1 atom stereocenters. The van der Waals surface area contributed by atoms with Crippen LogP contribution in [0.3, 0.4) is 0 Å². The number of rotatable bonds is 9. The highest BCUT2D eigenvalue weighted by molar-refractivity contribution is 7.87. The molecule has 2 aromatic carbocycles. The molecule has 196 valence electrons. The second kappa shape index (κ2) is 11.1. The van der Waals surface area contributed by atoms with Crippen LogP contribution in [0.5, 0.6) is 11.5 Å². The van der Waals surface area contributed by atoms with Gasteiger partial charge in [-0.25, -0.2) is 4.39 Å². The number of phenols is 1. The van der Waals surface area contributed by atoms with Crippen molar-refractivity contribution >= 4 is 16.1 Å². The van der Waals surface area contributed by atoms with E-state index in [-0.39, 0.29) is 49.3 Å². The lowest BCUT2D eigenvalue weighted by Gasteiger charge is -2.42. The smallest absolute Gasteiger partial charge is 0.279 e. The van der Waals surface area contributed by atoms with Crippen LogP contribution in [-0.4, -0.2) is 69.7 Å². The van der Waals surface area contributed by atoms with Gasteiger partial charge in [-0.1, -0.05) is 18.2 Å². The maximum Gasteiger partial charge on any atom is 0.279 e. The molecule has 2 fully saturated rings. The summed E-state index contributed by atoms with van der Waals surface area (Å²) in [7, 11) is -2.30. The Labute approximate surface area is 210 Å². The number of amides is 1. The fourth-order valence-corrected chi connectivity index (χ4v) is 6.13. The SMILES string of the molecule is COc1cccc(O)c1C(=O)NCC1(c2cccc(F)c2)CCN(S(=O)(=O)NCC2CCCO2)CC1. The van der Waals surface area contributed by atoms with Crippen LogP contribution in [0.25, 0.3) is 0 Å². The number of phenolic OH excluding ortho intramolecular Hbond substituents is 1. The second-order valence-corrected chi connectivity index (χ2v) is 11.0. The highest BCUT2D eigenvalue weighted by atomic mass is 32.2. The fourth-order valence-electron chi connectivity index (χ4n) is 4.89. The number of carbonyl (C=O) groups is 1. The Morgan fingerprint density at radius 1 is 1.25 bits per heavy atom. The number of halogens is 1. The summed E-state index contributed by atoms with van der Waals surface area (Å²) in [6.45, 7) is 1.40. The summed E-state index contributed by atoms with van der Waals surface area (Å²) in [6.07, 6.45) is 2.37. The van der Waals surface area contributed by atoms with Crippen LogP contribution in [0.4, 0.5) is 4.39 Å². The summed E-state index contributed by atoms with van der Waals surface area (Å²) in [5, 5.41) is 13.1. The standard InChI is InChI=1S/C25H32FN3O6S/c1-34-22-9-3-8-21(30)23(22)24(31)27-17-25(18-5-2-6-19(26)15-18)10-12-29(13-11-25)36(32,33)28-16-20-7-4-14-35-20/h2-3,5-6,8-9,15,20,28,30H,4,7,10-14,16-17H2,1H3,(H,27,31). The summed E-state index contributed by atoms with van der Waals surface area (Å²) in [4.78, 5) is 13.0. The van der Waals surface area contributed by atoms with Crippen molar-refractivity contribution in [3.05, 3.63) is 59.4 Å². The average Bonchev–Trinajstić information content (AvgIpc) is 3.40. The summed E-state index contributed by atoms with van der Waals surface area (Å²) >= 11 is 0. The molecule has 0 bridgehead atoms. The molecule has 2 aromatic rings. The third-order valence-corrected chi connectivity index (χ3v) is 8.59. The van der Waals surface area contributed by atoms with Gasteiger partial charge in [0.2, 0.25) is 0 Å². The molecule has 0 spiro atoms. The number of hydrogen-bond acceptors (Lipinski definition) is 6. The molecule has 9 nitrogen and oxygen atoms in total. The van der Waals surface area contributed by atoms with Crippen LogP contribution in [0.1, 0.15) is 41.6 Å². The van der Waals surface area contributed by atoms with Crippen LogP contribution in [0.2, 0.25) is 0 Å². The van der Waals surface area contributed by atoms with Gasteiger partial charge in [-0.05, 0) is 55.5 Å². The molecule has 1 unspecified atom stereocenters. The predicted octanol–water partition coefficient (Wildman–Crippen LogP) is 2.32. The van der Waals surface area contributed by atoms with Crippen LogP contribution in [-0.2, 0) is 20.4 Å². The number of piperidine rings is 1. The van der Waals surface area contributed by atoms with Crippen molar-refractivity contribution in [3.8, 4) is 11.5 Å². The highest BCUT2D eigenvalue weighted by Gasteiger charge is 2.40. The molecule has 11 heteroatoms. The van der Waals surface area contributed by atoms with Gasteiger partial charge in [-0.2, -0.15) is 17.4 Å². The highest BCUT2D eigenvalue weighted by Crippen LogP contribution is 2.37. The molecule has 2 aliphatic rings. The number of nitrogens with one attached hydrogen (secondary N) is 2. The lowest BCUT2D eigenvalue weighted by molar-refractivity contribution is 0.0926. The summed E-state index contributed by atoms with van der Waals surface area (Å²) < 4.78 is 54.7. The van der Waals surface area contributed by atoms with Crippen molar-refractivity contribution < 1.29 is 32.2 Å². The first-order chi connectivity index (χ1) is 17.2. The molecule has 3 N–H and O–H groups in total. The van der Waals surface area contributed by atoms with Gasteiger partial charge in [-0.15, -0.1) is 0 Å². The molecule has 0 radical (unpaired) electrons. The number of benzene rings is 2. The minimum Gasteiger partial charge on any atom is -0.507 e. The quantitative estimate of drug-likeness (QED) is 0.466. The van der Waals surface area contributed by atoms with Crippen molar-refractivity contribution in [2.75, 3.05) is 39.9 Å². The minimum atomic E-state index is -3.71. The molecule has 1 amide bonds. The Bertz CT molecular complexity index is 1180. The van der Waals surface area contributed by atoms with Crippen molar-refractivity contribution in [1.82, 2.24) is 14.3 Å². The van der Waals surface area contributed by atoms with Crippen LogP contribution in [0, 0.1) is 5.82 Å². The Balaban J connectivity index is 1.49. The molecular weight excluding hydrogens is 489 g/mol. The first-order valence-corrected chi connectivity index (χ1v) is 13.4. The molecular formula is C25H32FN3O6S. The first-order valence-electron chi connectivity index (χ1n) is 12.0. The fraction of sp³-hybridized carbons (Fsp3) is 0.480. The molecule has 2 saturated heterocycles. The second-order valence-electron chi connectivity index (χ2n) is 9.22. The zero-order valence-electron chi connectivity index (χ0n) is 20.2. The normalized spacial score (nSPS) is 20.2. The van der Waals surface area contributed by atoms with Crippen molar-refractivity contribution in [1.29, 1.82) is 0 Å². The Kier molecular flexibility index (Phi) is 8.13. The molecule has 0 aromatic heterocycles. The van der Waals surface area contributed by atoms with Gasteiger partial charge in [-0.3, -0.25) is 4.79 Å². The zero-order valence-corrected chi connectivity index (χ0v) is 21.0. The third kappa shape index (κ3) is 5.80. The average molecular weight is 522 g/mol. The van der Waals surface area contributed by atoms with E-state index in [9.17, 15) is 22.7 Å². The van der Waals surface area contributed by atoms with Crippen molar-refractivity contribution in [3.63, 3.8) is 0 Å². The van der Waals surface area contributed by atoms with Crippen molar-refractivity contribution in [2.45, 2.75) is 37.2 Å². The lowest BCUT2D eigenvalue weighted by atomic mass is 9.73. The maximum atomic E-state index is 14.2. The van der Waals surface area contributed by atoms with E-state index in [1.54, 1.807) is 24.3 Å². The van der Waals surface area contributed by atoms with E-state index >= 15 is 0 Å². The van der Waals surface area contributed by atoms with Gasteiger partial charge < -0.3 is 19.9 Å². The van der Waals surface area contributed by atoms with E-state index in [0.717, 1.165) is 12.8 Å². The van der Waals surface area contributed by atoms with Gasteiger partial charge in [0.1, 0.15) is 22.9 Å². The van der Waals surface area contributed by atoms with Crippen LogP contribution < -0.4 is 14.8 Å². The Hall–Kier alpha value is -2.73. The predicted molar refractivity (Wildman–Crippen MR) is 132 cm³/mol. The summed E-state index contributed by atoms with van der Waals surface area (Å²) in [6, 6.07) is 10.7. The van der Waals surface area contributed by atoms with E-state index in [4.69, 9.17) is 9.47 Å². The number of hydrogen-bond donors (Lipinski definition) is 3. The van der Waals surface area contributed by atoms with Crippen LogP contribution >= 0.6 is 0 Å². The minimum absolute atomic E-state index is 0.00716. The molecule has 0 aliphatic carbocycles. The number of nitrogens with zero attached hydrogens (tertiary/aromatic N) is 1. The number of carbonyl (C=O) groups excluding carboxylic acids is 1. The molecule has 36 heavy (non-hydrogen) atoms. The molecule has 4 rings (SSSR count). The molecule has 0 saturated carbocycles. The van der Waals surface area contributed by atoms with Gasteiger partial charge in [0.05, 0.1) is 13.2 Å². The molecule has 2 heterocycles. The zero-order chi connectivity index (χ0) is 25.8. The van der Waals surface area contributed by atoms with Gasteiger partial charge in [0.15, 0.2) is 0 Å². The van der Waals surface area contributed by atoms with E-state index < -0.39 is 27.3 Å². The van der Waals surface area contributed by atoms with Gasteiger partial charge >= 0.3 is 0 Å². The van der Waals surface area contributed by atoms with Gasteiger partial charge in [0, 0.05) is 38.2 Å². The largest absolute Gasteiger partial charge is 0.507 e. The first kappa shape index (κ1) is 26.3. The third-order valence-electron chi connectivity index (χ3n) is 7.01. The number of methoxy groups -OCH3 is 1. The van der Waals surface area contributed by atoms with Crippen LogP contribution in [0.15, 0.2) is 42.5 Å². The number of ether oxygens (including phenoxy) is 2.